The number of anilines is 5. The van der Waals surface area contributed by atoms with Gasteiger partial charge in [-0.2, -0.15) is 10.1 Å². The maximum Gasteiger partial charge on any atom is 0.247 e. The van der Waals surface area contributed by atoms with Gasteiger partial charge in [-0.3, -0.25) is 9.48 Å². The molecule has 0 spiro atoms. The van der Waals surface area contributed by atoms with Gasteiger partial charge in [-0.25, -0.2) is 9.97 Å². The van der Waals surface area contributed by atoms with Crippen molar-refractivity contribution in [2.24, 2.45) is 0 Å². The van der Waals surface area contributed by atoms with Gasteiger partial charge in [-0.05, 0) is 61.5 Å². The second-order valence-corrected chi connectivity index (χ2v) is 11.2. The summed E-state index contributed by atoms with van der Waals surface area (Å²) in [6.07, 6.45) is 5.41. The Kier molecular flexibility index (Phi) is 9.76. The van der Waals surface area contributed by atoms with Crippen LogP contribution < -0.4 is 20.7 Å². The summed E-state index contributed by atoms with van der Waals surface area (Å²) in [4.78, 5) is 30.1. The molecule has 2 aromatic heterocycles. The number of piperazine rings is 1. The van der Waals surface area contributed by atoms with Crippen LogP contribution in [0.2, 0.25) is 0 Å². The summed E-state index contributed by atoms with van der Waals surface area (Å²) >= 11 is 0. The fourth-order valence-corrected chi connectivity index (χ4v) is 5.28. The van der Waals surface area contributed by atoms with Crippen molar-refractivity contribution >= 4 is 45.8 Å². The first-order chi connectivity index (χ1) is 22.5. The van der Waals surface area contributed by atoms with Gasteiger partial charge < -0.3 is 30.5 Å². The van der Waals surface area contributed by atoms with E-state index in [1.54, 1.807) is 6.07 Å². The molecular weight excluding hydrogens is 580 g/mol. The lowest BCUT2D eigenvalue weighted by atomic mass is 10.2. The average Bonchev–Trinajstić information content (AvgIpc) is 3.47. The Morgan fingerprint density at radius 2 is 1.70 bits per heavy atom. The van der Waals surface area contributed by atoms with Crippen molar-refractivity contribution in [2.45, 2.75) is 13.0 Å². The topological polar surface area (TPSA) is 125 Å². The van der Waals surface area contributed by atoms with E-state index in [9.17, 15) is 4.79 Å². The third-order valence-corrected chi connectivity index (χ3v) is 7.80. The van der Waals surface area contributed by atoms with E-state index in [1.165, 1.54) is 18.0 Å². The van der Waals surface area contributed by atoms with Gasteiger partial charge in [0.25, 0.3) is 0 Å². The van der Waals surface area contributed by atoms with Crippen LogP contribution in [0.15, 0.2) is 91.9 Å². The number of benzene rings is 3. The normalized spacial score (nSPS) is 13.8. The maximum atomic E-state index is 12.2. The Balaban J connectivity index is 1.09. The van der Waals surface area contributed by atoms with Crippen LogP contribution in [-0.4, -0.2) is 86.8 Å². The fourth-order valence-electron chi connectivity index (χ4n) is 5.28. The van der Waals surface area contributed by atoms with Crippen LogP contribution in [0.25, 0.3) is 10.9 Å². The SMILES string of the molecule is C=CC(=O)Nc1cc(Nc2ncnc(Nc3ccc4c(cnn4Cc4ccccc4)c3)n2)ccc1OCCCN1CCN(C)CC1. The highest BCUT2D eigenvalue weighted by Gasteiger charge is 2.14. The zero-order chi connectivity index (χ0) is 31.7. The predicted molar refractivity (Wildman–Crippen MR) is 181 cm³/mol. The lowest BCUT2D eigenvalue weighted by Crippen LogP contribution is -2.44. The molecule has 0 radical (unpaired) electrons. The molecule has 0 unspecified atom stereocenters. The van der Waals surface area contributed by atoms with Gasteiger partial charge in [0.2, 0.25) is 17.8 Å². The molecule has 3 aromatic carbocycles. The van der Waals surface area contributed by atoms with Crippen molar-refractivity contribution < 1.29 is 9.53 Å². The third kappa shape index (κ3) is 8.03. The zero-order valence-corrected chi connectivity index (χ0v) is 25.9. The molecule has 1 saturated heterocycles. The number of amides is 1. The minimum Gasteiger partial charge on any atom is -0.491 e. The summed E-state index contributed by atoms with van der Waals surface area (Å²) in [6.45, 7) is 10.1. The number of ether oxygens (including phenoxy) is 1. The van der Waals surface area contributed by atoms with Crippen LogP contribution in [0.5, 0.6) is 5.75 Å². The second-order valence-electron chi connectivity index (χ2n) is 11.2. The van der Waals surface area contributed by atoms with Crippen molar-refractivity contribution in [3.05, 3.63) is 97.5 Å². The molecule has 0 aliphatic carbocycles. The molecule has 0 saturated carbocycles. The zero-order valence-electron chi connectivity index (χ0n) is 25.9. The van der Waals surface area contributed by atoms with Crippen LogP contribution >= 0.6 is 0 Å². The minimum atomic E-state index is -0.325. The number of nitrogens with zero attached hydrogens (tertiary/aromatic N) is 7. The van der Waals surface area contributed by atoms with Gasteiger partial charge in [0.15, 0.2) is 0 Å². The van der Waals surface area contributed by atoms with E-state index in [0.29, 0.717) is 42.2 Å². The summed E-state index contributed by atoms with van der Waals surface area (Å²) in [6, 6.07) is 21.7. The summed E-state index contributed by atoms with van der Waals surface area (Å²) in [7, 11) is 2.15. The number of nitrogens with one attached hydrogen (secondary N) is 3. The number of hydrogen-bond donors (Lipinski definition) is 3. The molecule has 12 nitrogen and oxygen atoms in total. The standard InChI is InChI=1S/C34H38N10O2/c1-3-32(45)40-29-21-28(11-13-31(29)46-19-7-14-43-17-15-42(2)16-18-43)39-34-36-24-35-33(41-34)38-27-10-12-30-26(20-27)22-37-44(30)23-25-8-5-4-6-9-25/h3-6,8-13,20-22,24H,1,7,14-19,23H2,2H3,(H,40,45)(H2,35,36,38,39,41). The number of rotatable bonds is 13. The van der Waals surface area contributed by atoms with Crippen molar-refractivity contribution in [1.29, 1.82) is 0 Å². The first-order valence-electron chi connectivity index (χ1n) is 15.4. The van der Waals surface area contributed by atoms with E-state index >= 15 is 0 Å². The van der Waals surface area contributed by atoms with Gasteiger partial charge in [0, 0.05) is 49.5 Å². The first kappa shape index (κ1) is 30.7. The number of carbonyl (C=O) groups excluding carboxylic acids is 1. The number of hydrogen-bond acceptors (Lipinski definition) is 10. The first-order valence-corrected chi connectivity index (χ1v) is 15.4. The maximum absolute atomic E-state index is 12.2. The lowest BCUT2D eigenvalue weighted by Gasteiger charge is -2.32. The van der Waals surface area contributed by atoms with Gasteiger partial charge in [0.05, 0.1) is 30.6 Å². The summed E-state index contributed by atoms with van der Waals surface area (Å²) in [5, 5.41) is 14.9. The molecule has 0 bridgehead atoms. The van der Waals surface area contributed by atoms with Gasteiger partial charge in [0.1, 0.15) is 12.1 Å². The summed E-state index contributed by atoms with van der Waals surface area (Å²) in [5.41, 5.74) is 4.26. The molecule has 5 aromatic rings. The molecule has 1 aliphatic rings. The molecule has 46 heavy (non-hydrogen) atoms. The van der Waals surface area contributed by atoms with Crippen LogP contribution in [0.3, 0.4) is 0 Å². The quantitative estimate of drug-likeness (QED) is 0.124. The van der Waals surface area contributed by atoms with Gasteiger partial charge in [-0.1, -0.05) is 36.9 Å². The number of fused-ring (bicyclic) bond motifs is 1. The molecule has 6 rings (SSSR count). The molecular formula is C34H38N10O2. The van der Waals surface area contributed by atoms with Crippen LogP contribution in [0.1, 0.15) is 12.0 Å². The largest absolute Gasteiger partial charge is 0.491 e. The molecule has 1 fully saturated rings. The van der Waals surface area contributed by atoms with E-state index in [4.69, 9.17) is 4.74 Å². The Morgan fingerprint density at radius 3 is 2.46 bits per heavy atom. The van der Waals surface area contributed by atoms with Crippen molar-refractivity contribution in [3.63, 3.8) is 0 Å². The summed E-state index contributed by atoms with van der Waals surface area (Å²) < 4.78 is 8.06. The lowest BCUT2D eigenvalue weighted by molar-refractivity contribution is -0.111. The van der Waals surface area contributed by atoms with Crippen molar-refractivity contribution in [2.75, 3.05) is 62.3 Å². The molecule has 236 valence electrons. The van der Waals surface area contributed by atoms with Crippen molar-refractivity contribution in [3.8, 4) is 5.75 Å². The smallest absolute Gasteiger partial charge is 0.247 e. The molecule has 0 atom stereocenters. The van der Waals surface area contributed by atoms with E-state index < -0.39 is 0 Å². The summed E-state index contributed by atoms with van der Waals surface area (Å²) in [5.74, 6) is 0.985. The highest BCUT2D eigenvalue weighted by Crippen LogP contribution is 2.30. The Labute approximate surface area is 268 Å². The fraction of sp³-hybridized carbons (Fsp3) is 0.265. The van der Waals surface area contributed by atoms with E-state index in [1.807, 2.05) is 59.4 Å². The van der Waals surface area contributed by atoms with Crippen molar-refractivity contribution in [1.82, 2.24) is 34.5 Å². The number of carbonyl (C=O) groups is 1. The van der Waals surface area contributed by atoms with Crippen LogP contribution in [0.4, 0.5) is 29.0 Å². The van der Waals surface area contributed by atoms with Gasteiger partial charge >= 0.3 is 0 Å². The van der Waals surface area contributed by atoms with E-state index in [-0.39, 0.29) is 5.91 Å². The van der Waals surface area contributed by atoms with E-state index in [2.05, 4.69) is 71.6 Å². The molecule has 3 N–H and O–H groups in total. The highest BCUT2D eigenvalue weighted by molar-refractivity contribution is 6.00. The Hall–Kier alpha value is -5.33. The Bertz CT molecular complexity index is 1780. The Morgan fingerprint density at radius 1 is 0.957 bits per heavy atom. The highest BCUT2D eigenvalue weighted by atomic mass is 16.5. The molecule has 12 heteroatoms. The average molecular weight is 619 g/mol. The van der Waals surface area contributed by atoms with Crippen LogP contribution in [-0.2, 0) is 11.3 Å². The number of aromatic nitrogens is 5. The second kappa shape index (κ2) is 14.6. The minimum absolute atomic E-state index is 0.325. The van der Waals surface area contributed by atoms with E-state index in [0.717, 1.165) is 55.7 Å². The monoisotopic (exact) mass is 618 g/mol. The van der Waals surface area contributed by atoms with Crippen LogP contribution in [0, 0.1) is 0 Å². The predicted octanol–water partition coefficient (Wildman–Crippen LogP) is 4.90. The molecule has 1 amide bonds. The third-order valence-electron chi connectivity index (χ3n) is 7.80. The number of likely N-dealkylation sites (N-methyl/N-ethyl adjacent to an activating group) is 1. The molecule has 1 aliphatic heterocycles. The molecule has 3 heterocycles. The van der Waals surface area contributed by atoms with Gasteiger partial charge in [-0.15, -0.1) is 0 Å².